The zero-order chi connectivity index (χ0) is 9.68. The van der Waals surface area contributed by atoms with Crippen LogP contribution in [0.5, 0.6) is 0 Å². The molecule has 0 aromatic heterocycles. The van der Waals surface area contributed by atoms with Crippen LogP contribution in [0, 0.1) is 5.92 Å². The number of nitrogens with zero attached hydrogens (tertiary/aromatic N) is 1. The Kier molecular flexibility index (Phi) is 5.14. The molecule has 0 aromatic rings. The van der Waals surface area contributed by atoms with Gasteiger partial charge in [0, 0.05) is 0 Å². The lowest BCUT2D eigenvalue weighted by Crippen LogP contribution is -2.35. The maximum Gasteiger partial charge on any atom is 0.0577 e. The molecule has 0 bridgehead atoms. The van der Waals surface area contributed by atoms with Crippen LogP contribution in [-0.4, -0.2) is 48.3 Å². The van der Waals surface area contributed by atoms with Crippen LogP contribution in [-0.2, 0) is 0 Å². The second kappa shape index (κ2) is 5.89. The second-order valence-electron chi connectivity index (χ2n) is 3.99. The van der Waals surface area contributed by atoms with Gasteiger partial charge in [-0.25, -0.2) is 0 Å². The van der Waals surface area contributed by atoms with E-state index in [2.05, 4.69) is 18.2 Å². The molecule has 0 radical (unpaired) electrons. The van der Waals surface area contributed by atoms with Gasteiger partial charge in [0.15, 0.2) is 0 Å². The zero-order valence-electron chi connectivity index (χ0n) is 8.70. The molecule has 13 heavy (non-hydrogen) atoms. The third-order valence-corrected chi connectivity index (χ3v) is 3.57. The van der Waals surface area contributed by atoms with Crippen molar-refractivity contribution in [2.75, 3.05) is 32.1 Å². The largest absolute Gasteiger partial charge is 0.393 e. The summed E-state index contributed by atoms with van der Waals surface area (Å²) in [6.45, 7) is 2.31. The Bertz CT molecular complexity index is 135. The van der Waals surface area contributed by atoms with Crippen molar-refractivity contribution in [2.45, 2.75) is 25.4 Å². The fourth-order valence-corrected chi connectivity index (χ4v) is 2.36. The Hall–Kier alpha value is 0.270. The highest BCUT2D eigenvalue weighted by molar-refractivity contribution is 7.98. The maximum atomic E-state index is 9.86. The van der Waals surface area contributed by atoms with E-state index in [4.69, 9.17) is 0 Å². The van der Waals surface area contributed by atoms with Gasteiger partial charge in [-0.2, -0.15) is 11.8 Å². The number of aliphatic hydroxyl groups excluding tert-OH is 1. The number of thioether (sulfide) groups is 1. The first-order chi connectivity index (χ1) is 6.24. The SMILES string of the molecule is CSCCC(O)C1CCN(C)CC1. The number of hydrogen-bond donors (Lipinski definition) is 1. The average molecular weight is 203 g/mol. The van der Waals surface area contributed by atoms with Crippen LogP contribution in [0.15, 0.2) is 0 Å². The molecule has 1 unspecified atom stereocenters. The molecule has 1 saturated heterocycles. The van der Waals surface area contributed by atoms with Gasteiger partial charge in [0.05, 0.1) is 6.10 Å². The summed E-state index contributed by atoms with van der Waals surface area (Å²) in [5.74, 6) is 1.65. The molecule has 1 aliphatic heterocycles. The predicted molar refractivity (Wildman–Crippen MR) is 59.2 cm³/mol. The molecular formula is C10H21NOS. The van der Waals surface area contributed by atoms with Crippen molar-refractivity contribution in [3.63, 3.8) is 0 Å². The van der Waals surface area contributed by atoms with Crippen LogP contribution in [0.4, 0.5) is 0 Å². The molecule has 1 aliphatic rings. The third-order valence-electron chi connectivity index (χ3n) is 2.93. The maximum absolute atomic E-state index is 9.86. The standard InChI is InChI=1S/C10H21NOS/c1-11-6-3-9(4-7-11)10(12)5-8-13-2/h9-10,12H,3-8H2,1-2H3. The first kappa shape index (κ1) is 11.3. The number of hydrogen-bond acceptors (Lipinski definition) is 3. The molecule has 0 aromatic carbocycles. The molecule has 0 spiro atoms. The van der Waals surface area contributed by atoms with Crippen molar-refractivity contribution >= 4 is 11.8 Å². The molecule has 2 nitrogen and oxygen atoms in total. The minimum absolute atomic E-state index is 0.0545. The summed E-state index contributed by atoms with van der Waals surface area (Å²) in [5, 5.41) is 9.86. The van der Waals surface area contributed by atoms with E-state index >= 15 is 0 Å². The smallest absolute Gasteiger partial charge is 0.0577 e. The third kappa shape index (κ3) is 3.88. The molecular weight excluding hydrogens is 182 g/mol. The van der Waals surface area contributed by atoms with Crippen molar-refractivity contribution in [1.82, 2.24) is 4.90 Å². The van der Waals surface area contributed by atoms with E-state index in [-0.39, 0.29) is 6.10 Å². The van der Waals surface area contributed by atoms with Crippen molar-refractivity contribution in [2.24, 2.45) is 5.92 Å². The minimum Gasteiger partial charge on any atom is -0.393 e. The fourth-order valence-electron chi connectivity index (χ4n) is 1.89. The molecule has 1 fully saturated rings. The van der Waals surface area contributed by atoms with Crippen LogP contribution in [0.2, 0.25) is 0 Å². The van der Waals surface area contributed by atoms with Gasteiger partial charge in [0.1, 0.15) is 0 Å². The van der Waals surface area contributed by atoms with Gasteiger partial charge >= 0.3 is 0 Å². The molecule has 1 N–H and O–H groups in total. The molecule has 0 aliphatic carbocycles. The van der Waals surface area contributed by atoms with Gasteiger partial charge in [-0.15, -0.1) is 0 Å². The van der Waals surface area contributed by atoms with E-state index in [1.165, 1.54) is 12.8 Å². The highest BCUT2D eigenvalue weighted by atomic mass is 32.2. The van der Waals surface area contributed by atoms with Gasteiger partial charge in [0.2, 0.25) is 0 Å². The summed E-state index contributed by atoms with van der Waals surface area (Å²) in [4.78, 5) is 2.35. The average Bonchev–Trinajstić information content (AvgIpc) is 2.15. The number of piperidine rings is 1. The Morgan fingerprint density at radius 3 is 2.62 bits per heavy atom. The van der Waals surface area contributed by atoms with Gasteiger partial charge in [-0.3, -0.25) is 0 Å². The second-order valence-corrected chi connectivity index (χ2v) is 4.98. The van der Waals surface area contributed by atoms with Crippen molar-refractivity contribution in [3.8, 4) is 0 Å². The van der Waals surface area contributed by atoms with Gasteiger partial charge in [-0.1, -0.05) is 0 Å². The molecule has 1 heterocycles. The zero-order valence-corrected chi connectivity index (χ0v) is 9.52. The van der Waals surface area contributed by atoms with E-state index < -0.39 is 0 Å². The quantitative estimate of drug-likeness (QED) is 0.748. The lowest BCUT2D eigenvalue weighted by atomic mass is 9.90. The summed E-state index contributed by atoms with van der Waals surface area (Å²) in [6, 6.07) is 0. The highest BCUT2D eigenvalue weighted by Gasteiger charge is 2.22. The number of aliphatic hydroxyl groups is 1. The molecule has 3 heteroatoms. The molecule has 1 atom stereocenters. The molecule has 1 rings (SSSR count). The lowest BCUT2D eigenvalue weighted by Gasteiger charge is -2.31. The van der Waals surface area contributed by atoms with E-state index in [0.717, 1.165) is 25.3 Å². The first-order valence-electron chi connectivity index (χ1n) is 5.09. The molecule has 0 saturated carbocycles. The number of rotatable bonds is 4. The van der Waals surface area contributed by atoms with Crippen LogP contribution >= 0.6 is 11.8 Å². The van der Waals surface area contributed by atoms with Gasteiger partial charge in [0.25, 0.3) is 0 Å². The van der Waals surface area contributed by atoms with Gasteiger partial charge in [-0.05, 0) is 57.3 Å². The first-order valence-corrected chi connectivity index (χ1v) is 6.49. The van der Waals surface area contributed by atoms with Gasteiger partial charge < -0.3 is 10.0 Å². The summed E-state index contributed by atoms with van der Waals surface area (Å²) in [6.07, 6.45) is 5.36. The normalized spacial score (nSPS) is 23.3. The van der Waals surface area contributed by atoms with Crippen LogP contribution in [0.25, 0.3) is 0 Å². The molecule has 0 amide bonds. The topological polar surface area (TPSA) is 23.5 Å². The summed E-state index contributed by atoms with van der Waals surface area (Å²) < 4.78 is 0. The summed E-state index contributed by atoms with van der Waals surface area (Å²) in [5.41, 5.74) is 0. The highest BCUT2D eigenvalue weighted by Crippen LogP contribution is 2.22. The van der Waals surface area contributed by atoms with Crippen molar-refractivity contribution in [3.05, 3.63) is 0 Å². The van der Waals surface area contributed by atoms with E-state index in [1.807, 2.05) is 11.8 Å². The Labute approximate surface area is 85.7 Å². The Morgan fingerprint density at radius 1 is 1.46 bits per heavy atom. The van der Waals surface area contributed by atoms with Crippen LogP contribution in [0.3, 0.4) is 0 Å². The van der Waals surface area contributed by atoms with E-state index in [9.17, 15) is 5.11 Å². The predicted octanol–water partition coefficient (Wildman–Crippen LogP) is 1.44. The number of likely N-dealkylation sites (tertiary alicyclic amines) is 1. The summed E-state index contributed by atoms with van der Waals surface area (Å²) >= 11 is 1.82. The van der Waals surface area contributed by atoms with Crippen LogP contribution < -0.4 is 0 Å². The monoisotopic (exact) mass is 203 g/mol. The van der Waals surface area contributed by atoms with Crippen molar-refractivity contribution < 1.29 is 5.11 Å². The lowest BCUT2D eigenvalue weighted by molar-refractivity contribution is 0.0644. The Balaban J connectivity index is 2.19. The molecule has 78 valence electrons. The Morgan fingerprint density at radius 2 is 2.08 bits per heavy atom. The van der Waals surface area contributed by atoms with E-state index in [1.54, 1.807) is 0 Å². The van der Waals surface area contributed by atoms with Crippen LogP contribution in [0.1, 0.15) is 19.3 Å². The van der Waals surface area contributed by atoms with E-state index in [0.29, 0.717) is 5.92 Å². The summed E-state index contributed by atoms with van der Waals surface area (Å²) in [7, 11) is 2.16. The van der Waals surface area contributed by atoms with Crippen molar-refractivity contribution in [1.29, 1.82) is 0 Å². The minimum atomic E-state index is -0.0545. The fraction of sp³-hybridized carbons (Fsp3) is 1.00.